The Kier molecular flexibility index (Phi) is 5.57. The van der Waals surface area contributed by atoms with Crippen molar-refractivity contribution in [3.8, 4) is 0 Å². The largest absolute Gasteiger partial charge is 0.319 e. The lowest BCUT2D eigenvalue weighted by Gasteiger charge is -2.10. The molecule has 2 N–H and O–H groups in total. The molecule has 3 aromatic carbocycles. The van der Waals surface area contributed by atoms with Gasteiger partial charge in [-0.25, -0.2) is 12.8 Å². The normalized spacial score (nSPS) is 11.0. The van der Waals surface area contributed by atoms with Crippen molar-refractivity contribution in [1.82, 2.24) is 0 Å². The highest BCUT2D eigenvalue weighted by molar-refractivity contribution is 9.10. The van der Waals surface area contributed by atoms with Crippen LogP contribution in [0.1, 0.15) is 10.4 Å². The molecule has 0 aliphatic carbocycles. The molecule has 3 aromatic rings. The number of halogens is 2. The standard InChI is InChI=1S/C19H14BrFN2O3S/c20-14-8-11-18(17(21)12-14)22-19(24)13-6-9-15(10-7-13)23-27(25,26)16-4-2-1-3-5-16/h1-12,23H,(H,22,24). The summed E-state index contributed by atoms with van der Waals surface area (Å²) < 4.78 is 41.4. The van der Waals surface area contributed by atoms with Gasteiger partial charge < -0.3 is 5.32 Å². The molecule has 5 nitrogen and oxygen atoms in total. The maximum Gasteiger partial charge on any atom is 0.261 e. The van der Waals surface area contributed by atoms with Crippen molar-refractivity contribution in [2.24, 2.45) is 0 Å². The van der Waals surface area contributed by atoms with E-state index in [1.807, 2.05) is 0 Å². The first kappa shape index (κ1) is 19.1. The van der Waals surface area contributed by atoms with Crippen LogP contribution in [0, 0.1) is 5.82 Å². The van der Waals surface area contributed by atoms with Crippen LogP contribution >= 0.6 is 15.9 Å². The van der Waals surface area contributed by atoms with Gasteiger partial charge in [0.2, 0.25) is 0 Å². The summed E-state index contributed by atoms with van der Waals surface area (Å²) in [6, 6.07) is 18.1. The number of hydrogen-bond acceptors (Lipinski definition) is 3. The molecule has 0 heterocycles. The van der Waals surface area contributed by atoms with Crippen LogP contribution in [0.5, 0.6) is 0 Å². The van der Waals surface area contributed by atoms with E-state index in [4.69, 9.17) is 0 Å². The molecule has 0 unspecified atom stereocenters. The van der Waals surface area contributed by atoms with Crippen LogP contribution in [-0.4, -0.2) is 14.3 Å². The molecular weight excluding hydrogens is 435 g/mol. The summed E-state index contributed by atoms with van der Waals surface area (Å²) in [4.78, 5) is 12.4. The number of rotatable bonds is 5. The lowest BCUT2D eigenvalue weighted by Crippen LogP contribution is -2.14. The minimum absolute atomic E-state index is 0.0528. The molecule has 8 heteroatoms. The van der Waals surface area contributed by atoms with E-state index in [9.17, 15) is 17.6 Å². The van der Waals surface area contributed by atoms with Crippen LogP contribution < -0.4 is 10.0 Å². The second-order valence-electron chi connectivity index (χ2n) is 5.57. The summed E-state index contributed by atoms with van der Waals surface area (Å²) in [5, 5.41) is 2.47. The van der Waals surface area contributed by atoms with E-state index in [2.05, 4.69) is 26.0 Å². The van der Waals surface area contributed by atoms with Gasteiger partial charge in [-0.15, -0.1) is 0 Å². The zero-order valence-electron chi connectivity index (χ0n) is 13.8. The molecule has 27 heavy (non-hydrogen) atoms. The predicted octanol–water partition coefficient (Wildman–Crippen LogP) is 4.64. The highest BCUT2D eigenvalue weighted by atomic mass is 79.9. The summed E-state index contributed by atoms with van der Waals surface area (Å²) >= 11 is 3.15. The quantitative estimate of drug-likeness (QED) is 0.596. The van der Waals surface area contributed by atoms with Gasteiger partial charge in [-0.2, -0.15) is 0 Å². The number of hydrogen-bond donors (Lipinski definition) is 2. The molecule has 0 bridgehead atoms. The van der Waals surface area contributed by atoms with E-state index < -0.39 is 21.7 Å². The molecule has 3 rings (SSSR count). The van der Waals surface area contributed by atoms with Gasteiger partial charge in [-0.05, 0) is 54.6 Å². The van der Waals surface area contributed by atoms with Crippen LogP contribution in [0.25, 0.3) is 0 Å². The van der Waals surface area contributed by atoms with E-state index in [1.165, 1.54) is 48.5 Å². The highest BCUT2D eigenvalue weighted by Crippen LogP contribution is 2.21. The average molecular weight is 449 g/mol. The third-order valence-electron chi connectivity index (χ3n) is 3.63. The zero-order valence-corrected chi connectivity index (χ0v) is 16.2. The fraction of sp³-hybridized carbons (Fsp3) is 0. The lowest BCUT2D eigenvalue weighted by molar-refractivity contribution is 0.102. The maximum atomic E-state index is 13.8. The van der Waals surface area contributed by atoms with Gasteiger partial charge in [0.1, 0.15) is 5.82 Å². The van der Waals surface area contributed by atoms with E-state index in [-0.39, 0.29) is 16.1 Å². The molecule has 138 valence electrons. The van der Waals surface area contributed by atoms with Gasteiger partial charge in [0.15, 0.2) is 0 Å². The zero-order chi connectivity index (χ0) is 19.4. The van der Waals surface area contributed by atoms with Gasteiger partial charge in [0.25, 0.3) is 15.9 Å². The van der Waals surface area contributed by atoms with Crippen molar-refractivity contribution in [3.63, 3.8) is 0 Å². The fourth-order valence-corrected chi connectivity index (χ4v) is 3.70. The fourth-order valence-electron chi connectivity index (χ4n) is 2.29. The molecule has 0 spiro atoms. The molecule has 0 radical (unpaired) electrons. The molecule has 0 fully saturated rings. The molecule has 0 atom stereocenters. The molecular formula is C19H14BrFN2O3S. The second kappa shape index (κ2) is 7.89. The third kappa shape index (κ3) is 4.72. The number of anilines is 2. The van der Waals surface area contributed by atoms with Crippen molar-refractivity contribution in [2.45, 2.75) is 4.90 Å². The van der Waals surface area contributed by atoms with Crippen LogP contribution in [0.3, 0.4) is 0 Å². The van der Waals surface area contributed by atoms with Crippen LogP contribution in [0.2, 0.25) is 0 Å². The number of nitrogens with one attached hydrogen (secondary N) is 2. The summed E-state index contributed by atoms with van der Waals surface area (Å²) in [7, 11) is -3.71. The predicted molar refractivity (Wildman–Crippen MR) is 106 cm³/mol. The topological polar surface area (TPSA) is 75.3 Å². The van der Waals surface area contributed by atoms with E-state index >= 15 is 0 Å². The number of carbonyl (C=O) groups is 1. The van der Waals surface area contributed by atoms with Crippen molar-refractivity contribution in [2.75, 3.05) is 10.0 Å². The average Bonchev–Trinajstić information content (AvgIpc) is 2.65. The van der Waals surface area contributed by atoms with E-state index in [1.54, 1.807) is 24.3 Å². The van der Waals surface area contributed by atoms with Crippen molar-refractivity contribution in [1.29, 1.82) is 0 Å². The van der Waals surface area contributed by atoms with Crippen molar-refractivity contribution < 1.29 is 17.6 Å². The Bertz CT molecular complexity index is 1070. The van der Waals surface area contributed by atoms with Gasteiger partial charge in [0, 0.05) is 15.7 Å². The monoisotopic (exact) mass is 448 g/mol. The van der Waals surface area contributed by atoms with Crippen LogP contribution in [-0.2, 0) is 10.0 Å². The summed E-state index contributed by atoms with van der Waals surface area (Å²) in [5.41, 5.74) is 0.627. The molecule has 0 aliphatic heterocycles. The first-order chi connectivity index (χ1) is 12.8. The second-order valence-corrected chi connectivity index (χ2v) is 8.17. The maximum absolute atomic E-state index is 13.8. The lowest BCUT2D eigenvalue weighted by atomic mass is 10.2. The first-order valence-corrected chi connectivity index (χ1v) is 10.1. The number of benzene rings is 3. The first-order valence-electron chi connectivity index (χ1n) is 7.79. The smallest absolute Gasteiger partial charge is 0.261 e. The molecule has 0 aromatic heterocycles. The van der Waals surface area contributed by atoms with Crippen molar-refractivity contribution in [3.05, 3.63) is 88.6 Å². The Morgan fingerprint density at radius 1 is 0.926 bits per heavy atom. The summed E-state index contributed by atoms with van der Waals surface area (Å²) in [6.07, 6.45) is 0. The molecule has 0 saturated heterocycles. The molecule has 1 amide bonds. The van der Waals surface area contributed by atoms with Crippen LogP contribution in [0.15, 0.2) is 82.2 Å². The summed E-state index contributed by atoms with van der Waals surface area (Å²) in [6.45, 7) is 0. The Hall–Kier alpha value is -2.71. The van der Waals surface area contributed by atoms with Gasteiger partial charge in [-0.3, -0.25) is 9.52 Å². The number of carbonyl (C=O) groups excluding carboxylic acids is 1. The Morgan fingerprint density at radius 2 is 1.59 bits per heavy atom. The minimum atomic E-state index is -3.71. The minimum Gasteiger partial charge on any atom is -0.319 e. The van der Waals surface area contributed by atoms with E-state index in [0.29, 0.717) is 10.2 Å². The number of amides is 1. The number of sulfonamides is 1. The van der Waals surface area contributed by atoms with Crippen LogP contribution in [0.4, 0.5) is 15.8 Å². The van der Waals surface area contributed by atoms with Gasteiger partial charge >= 0.3 is 0 Å². The third-order valence-corrected chi connectivity index (χ3v) is 5.52. The van der Waals surface area contributed by atoms with Gasteiger partial charge in [0.05, 0.1) is 10.6 Å². The molecule has 0 aliphatic rings. The Labute approximate surface area is 164 Å². The Balaban J connectivity index is 1.72. The van der Waals surface area contributed by atoms with Crippen molar-refractivity contribution >= 4 is 43.2 Å². The van der Waals surface area contributed by atoms with E-state index in [0.717, 1.165) is 0 Å². The molecule has 0 saturated carbocycles. The summed E-state index contributed by atoms with van der Waals surface area (Å²) in [5.74, 6) is -1.07. The van der Waals surface area contributed by atoms with Gasteiger partial charge in [-0.1, -0.05) is 34.1 Å². The Morgan fingerprint density at radius 3 is 2.22 bits per heavy atom. The highest BCUT2D eigenvalue weighted by Gasteiger charge is 2.14. The SMILES string of the molecule is O=C(Nc1ccc(Br)cc1F)c1ccc(NS(=O)(=O)c2ccccc2)cc1.